The minimum absolute atomic E-state index is 0.251. The van der Waals surface area contributed by atoms with Crippen molar-refractivity contribution in [2.24, 2.45) is 0 Å². The molecule has 0 bridgehead atoms. The number of benzene rings is 2. The molecule has 0 saturated heterocycles. The largest absolute Gasteiger partial charge is 0.323 e. The number of urea groups is 1. The van der Waals surface area contributed by atoms with Gasteiger partial charge in [-0.15, -0.1) is 0 Å². The molecular formula is C25H23N5O2. The molecule has 0 atom stereocenters. The zero-order chi connectivity index (χ0) is 22.7. The Morgan fingerprint density at radius 3 is 2.31 bits per heavy atom. The number of carbonyl (C=O) groups excluding carboxylic acids is 2. The van der Waals surface area contributed by atoms with Crippen LogP contribution < -0.4 is 16.0 Å². The van der Waals surface area contributed by atoms with Crippen LogP contribution in [0.3, 0.4) is 0 Å². The summed E-state index contributed by atoms with van der Waals surface area (Å²) in [6, 6.07) is 16.1. The fraction of sp³-hybridized carbons (Fsp3) is 0.120. The smallest absolute Gasteiger partial charge is 0.320 e. The Kier molecular flexibility index (Phi) is 5.81. The Morgan fingerprint density at radius 2 is 1.56 bits per heavy atom. The molecule has 0 aliphatic rings. The van der Waals surface area contributed by atoms with Crippen molar-refractivity contribution in [2.75, 3.05) is 16.0 Å². The number of amides is 3. The number of aryl methyl sites for hydroxylation is 3. The first kappa shape index (κ1) is 21.0. The van der Waals surface area contributed by atoms with E-state index < -0.39 is 0 Å². The van der Waals surface area contributed by atoms with Crippen molar-refractivity contribution in [1.29, 1.82) is 0 Å². The first-order chi connectivity index (χ1) is 15.4. The quantitative estimate of drug-likeness (QED) is 0.405. The number of hydrogen-bond acceptors (Lipinski definition) is 4. The van der Waals surface area contributed by atoms with Crippen LogP contribution in [0.15, 0.2) is 67.0 Å². The Hall–Kier alpha value is -4.26. The van der Waals surface area contributed by atoms with Gasteiger partial charge in [0.1, 0.15) is 0 Å². The van der Waals surface area contributed by atoms with Gasteiger partial charge in [0.2, 0.25) is 0 Å². The fourth-order valence-corrected chi connectivity index (χ4v) is 3.61. The molecule has 0 aliphatic heterocycles. The Bertz CT molecular complexity index is 1300. The third-order valence-corrected chi connectivity index (χ3v) is 5.18. The zero-order valence-electron chi connectivity index (χ0n) is 18.1. The molecule has 2 heterocycles. The lowest BCUT2D eigenvalue weighted by Gasteiger charge is -2.15. The first-order valence-corrected chi connectivity index (χ1v) is 10.2. The Labute approximate surface area is 185 Å². The summed E-state index contributed by atoms with van der Waals surface area (Å²) in [5, 5.41) is 9.42. The number of anilines is 3. The second-order valence-electron chi connectivity index (χ2n) is 7.51. The molecule has 7 nitrogen and oxygen atoms in total. The third kappa shape index (κ3) is 4.27. The second-order valence-corrected chi connectivity index (χ2v) is 7.51. The number of nitrogens with one attached hydrogen (secondary N) is 3. The minimum atomic E-state index is -0.358. The van der Waals surface area contributed by atoms with Gasteiger partial charge in [-0.3, -0.25) is 14.8 Å². The summed E-state index contributed by atoms with van der Waals surface area (Å²) in [7, 11) is 0. The number of nitrogens with zero attached hydrogens (tertiary/aromatic N) is 2. The van der Waals surface area contributed by atoms with E-state index in [4.69, 9.17) is 0 Å². The number of fused-ring (bicyclic) bond motifs is 1. The maximum absolute atomic E-state index is 13.0. The van der Waals surface area contributed by atoms with E-state index in [0.717, 1.165) is 16.5 Å². The van der Waals surface area contributed by atoms with Gasteiger partial charge in [-0.1, -0.05) is 30.3 Å². The van der Waals surface area contributed by atoms with Gasteiger partial charge in [0.15, 0.2) is 0 Å². The average Bonchev–Trinajstić information content (AvgIpc) is 2.76. The van der Waals surface area contributed by atoms with Crippen molar-refractivity contribution in [3.05, 3.63) is 89.4 Å². The number of aromatic nitrogens is 2. The average molecular weight is 425 g/mol. The molecule has 2 aromatic carbocycles. The van der Waals surface area contributed by atoms with Crippen LogP contribution >= 0.6 is 0 Å². The summed E-state index contributed by atoms with van der Waals surface area (Å²) in [6.07, 6.45) is 3.36. The number of pyridine rings is 2. The normalized spacial score (nSPS) is 10.6. The molecule has 2 aromatic heterocycles. The first-order valence-electron chi connectivity index (χ1n) is 10.2. The highest BCUT2D eigenvalue weighted by Crippen LogP contribution is 2.30. The summed E-state index contributed by atoms with van der Waals surface area (Å²) in [5.41, 5.74) is 5.32. The molecule has 0 saturated carbocycles. The molecule has 0 radical (unpaired) electrons. The predicted molar refractivity (Wildman–Crippen MR) is 127 cm³/mol. The van der Waals surface area contributed by atoms with Crippen LogP contribution in [0.4, 0.5) is 21.9 Å². The molecule has 7 heteroatoms. The highest BCUT2D eigenvalue weighted by atomic mass is 16.2. The SMILES string of the molecule is Cc1ccnc(C)c1C(=O)Nc1cccc2c(NC(=O)Nc3ccccc3)c(C)cnc12. The summed E-state index contributed by atoms with van der Waals surface area (Å²) in [6.45, 7) is 5.56. The zero-order valence-corrected chi connectivity index (χ0v) is 18.1. The van der Waals surface area contributed by atoms with Crippen LogP contribution in [0.1, 0.15) is 27.2 Å². The van der Waals surface area contributed by atoms with E-state index >= 15 is 0 Å². The van der Waals surface area contributed by atoms with Gasteiger partial charge in [0.25, 0.3) is 5.91 Å². The van der Waals surface area contributed by atoms with Crippen molar-refractivity contribution in [3.8, 4) is 0 Å². The molecule has 4 aromatic rings. The summed E-state index contributed by atoms with van der Waals surface area (Å²) < 4.78 is 0. The Balaban J connectivity index is 1.65. The number of hydrogen-bond donors (Lipinski definition) is 3. The monoisotopic (exact) mass is 425 g/mol. The van der Waals surface area contributed by atoms with Crippen LogP contribution in [0.5, 0.6) is 0 Å². The second kappa shape index (κ2) is 8.85. The Morgan fingerprint density at radius 1 is 0.781 bits per heavy atom. The standard InChI is InChI=1S/C25H23N5O2/c1-15-12-13-26-17(3)21(15)24(31)29-20-11-7-10-19-22(16(2)14-27-23(19)20)30-25(32)28-18-8-5-4-6-9-18/h4-14H,1-3H3,(H,29,31)(H2,27,28,30,32). The summed E-state index contributed by atoms with van der Waals surface area (Å²) in [4.78, 5) is 34.3. The van der Waals surface area contributed by atoms with Gasteiger partial charge >= 0.3 is 6.03 Å². The molecule has 0 aliphatic carbocycles. The van der Waals surface area contributed by atoms with Gasteiger partial charge in [0, 0.05) is 23.5 Å². The van der Waals surface area contributed by atoms with Crippen molar-refractivity contribution < 1.29 is 9.59 Å². The van der Waals surface area contributed by atoms with Crippen LogP contribution in [-0.4, -0.2) is 21.9 Å². The van der Waals surface area contributed by atoms with Gasteiger partial charge in [0.05, 0.1) is 28.1 Å². The van der Waals surface area contributed by atoms with Crippen molar-refractivity contribution in [3.63, 3.8) is 0 Å². The fourth-order valence-electron chi connectivity index (χ4n) is 3.61. The molecule has 0 spiro atoms. The van der Waals surface area contributed by atoms with E-state index in [2.05, 4.69) is 25.9 Å². The number of para-hydroxylation sites is 2. The maximum Gasteiger partial charge on any atom is 0.323 e. The van der Waals surface area contributed by atoms with Gasteiger partial charge < -0.3 is 16.0 Å². The summed E-state index contributed by atoms with van der Waals surface area (Å²) in [5.74, 6) is -0.251. The molecule has 0 unspecified atom stereocenters. The van der Waals surface area contributed by atoms with Crippen molar-refractivity contribution in [1.82, 2.24) is 9.97 Å². The lowest BCUT2D eigenvalue weighted by Crippen LogP contribution is -2.20. The molecule has 3 N–H and O–H groups in total. The third-order valence-electron chi connectivity index (χ3n) is 5.18. The van der Waals surface area contributed by atoms with Crippen LogP contribution in [0.2, 0.25) is 0 Å². The summed E-state index contributed by atoms with van der Waals surface area (Å²) >= 11 is 0. The number of carbonyl (C=O) groups is 2. The van der Waals surface area contributed by atoms with E-state index in [0.29, 0.717) is 33.8 Å². The maximum atomic E-state index is 13.0. The highest BCUT2D eigenvalue weighted by Gasteiger charge is 2.17. The molecule has 4 rings (SSSR count). The predicted octanol–water partition coefficient (Wildman–Crippen LogP) is 5.45. The van der Waals surface area contributed by atoms with Crippen LogP contribution in [-0.2, 0) is 0 Å². The van der Waals surface area contributed by atoms with Crippen LogP contribution in [0.25, 0.3) is 10.9 Å². The van der Waals surface area contributed by atoms with E-state index in [1.807, 2.05) is 56.3 Å². The molecule has 160 valence electrons. The van der Waals surface area contributed by atoms with Crippen LogP contribution in [0, 0.1) is 20.8 Å². The van der Waals surface area contributed by atoms with E-state index in [9.17, 15) is 9.59 Å². The highest BCUT2D eigenvalue weighted by molar-refractivity contribution is 6.13. The van der Waals surface area contributed by atoms with Crippen molar-refractivity contribution >= 4 is 39.9 Å². The van der Waals surface area contributed by atoms with E-state index in [-0.39, 0.29) is 11.9 Å². The van der Waals surface area contributed by atoms with Gasteiger partial charge in [-0.25, -0.2) is 4.79 Å². The molecule has 0 fully saturated rings. The topological polar surface area (TPSA) is 96.0 Å². The number of rotatable bonds is 4. The van der Waals surface area contributed by atoms with Gasteiger partial charge in [-0.05, 0) is 56.2 Å². The molecule has 3 amide bonds. The molecular weight excluding hydrogens is 402 g/mol. The van der Waals surface area contributed by atoms with E-state index in [1.165, 1.54) is 0 Å². The van der Waals surface area contributed by atoms with Crippen molar-refractivity contribution in [2.45, 2.75) is 20.8 Å². The molecule has 32 heavy (non-hydrogen) atoms. The lowest BCUT2D eigenvalue weighted by atomic mass is 10.1. The van der Waals surface area contributed by atoms with Gasteiger partial charge in [-0.2, -0.15) is 0 Å². The lowest BCUT2D eigenvalue weighted by molar-refractivity contribution is 0.102. The minimum Gasteiger partial charge on any atom is -0.320 e. The van der Waals surface area contributed by atoms with E-state index in [1.54, 1.807) is 31.5 Å².